The summed E-state index contributed by atoms with van der Waals surface area (Å²) in [5, 5.41) is 8.70. The summed E-state index contributed by atoms with van der Waals surface area (Å²) in [6.45, 7) is 2.68. The zero-order valence-corrected chi connectivity index (χ0v) is 12.5. The first-order chi connectivity index (χ1) is 9.63. The largest absolute Gasteiger partial charge is 0.355 e. The average molecular weight is 293 g/mol. The molecule has 0 aromatic heterocycles. The lowest BCUT2D eigenvalue weighted by Gasteiger charge is -2.23. The molecule has 1 heterocycles. The Hall–Kier alpha value is -1.53. The SMILES string of the molecule is CNC(=O)c1cccc(NC(=O)C2CSCCN2)c1C. The Kier molecular flexibility index (Phi) is 5.03. The fourth-order valence-corrected chi connectivity index (χ4v) is 3.04. The van der Waals surface area contributed by atoms with Gasteiger partial charge < -0.3 is 16.0 Å². The Morgan fingerprint density at radius 2 is 2.20 bits per heavy atom. The van der Waals surface area contributed by atoms with Crippen molar-refractivity contribution in [2.45, 2.75) is 13.0 Å². The second-order valence-corrected chi connectivity index (χ2v) is 5.78. The molecular weight excluding hydrogens is 274 g/mol. The Balaban J connectivity index is 2.12. The van der Waals surface area contributed by atoms with Crippen molar-refractivity contribution in [3.05, 3.63) is 29.3 Å². The maximum Gasteiger partial charge on any atom is 0.251 e. The highest BCUT2D eigenvalue weighted by Crippen LogP contribution is 2.20. The van der Waals surface area contributed by atoms with Gasteiger partial charge in [-0.15, -0.1) is 0 Å². The van der Waals surface area contributed by atoms with E-state index in [2.05, 4.69) is 16.0 Å². The molecule has 1 fully saturated rings. The van der Waals surface area contributed by atoms with Crippen molar-refractivity contribution in [1.29, 1.82) is 0 Å². The Labute approximate surface area is 122 Å². The summed E-state index contributed by atoms with van der Waals surface area (Å²) in [6, 6.07) is 5.17. The standard InChI is InChI=1S/C14H19N3O2S/c1-9-10(13(18)15-2)4-3-5-11(9)17-14(19)12-8-20-7-6-16-12/h3-5,12,16H,6-8H2,1-2H3,(H,15,18)(H,17,19). The first-order valence-corrected chi connectivity index (χ1v) is 7.72. The third-order valence-corrected chi connectivity index (χ3v) is 4.36. The monoisotopic (exact) mass is 293 g/mol. The Morgan fingerprint density at radius 1 is 1.40 bits per heavy atom. The van der Waals surface area contributed by atoms with E-state index in [1.165, 1.54) is 0 Å². The zero-order valence-electron chi connectivity index (χ0n) is 11.7. The number of hydrogen-bond donors (Lipinski definition) is 3. The van der Waals surface area contributed by atoms with Crippen LogP contribution in [0.1, 0.15) is 15.9 Å². The van der Waals surface area contributed by atoms with E-state index in [0.717, 1.165) is 23.6 Å². The highest BCUT2D eigenvalue weighted by molar-refractivity contribution is 7.99. The van der Waals surface area contributed by atoms with Gasteiger partial charge in [0.1, 0.15) is 0 Å². The number of amides is 2. The lowest BCUT2D eigenvalue weighted by Crippen LogP contribution is -2.46. The number of rotatable bonds is 3. The summed E-state index contributed by atoms with van der Waals surface area (Å²) in [5.74, 6) is 1.62. The first-order valence-electron chi connectivity index (χ1n) is 6.57. The van der Waals surface area contributed by atoms with Crippen molar-refractivity contribution in [2.75, 3.05) is 30.4 Å². The highest BCUT2D eigenvalue weighted by atomic mass is 32.2. The molecule has 0 aliphatic carbocycles. The van der Waals surface area contributed by atoms with E-state index in [1.54, 1.807) is 30.9 Å². The molecule has 1 unspecified atom stereocenters. The molecule has 2 rings (SSSR count). The molecule has 1 aliphatic heterocycles. The van der Waals surface area contributed by atoms with E-state index in [9.17, 15) is 9.59 Å². The van der Waals surface area contributed by atoms with Crippen LogP contribution in [-0.2, 0) is 4.79 Å². The average Bonchev–Trinajstić information content (AvgIpc) is 2.49. The summed E-state index contributed by atoms with van der Waals surface area (Å²) in [4.78, 5) is 23.9. The first kappa shape index (κ1) is 14.9. The van der Waals surface area contributed by atoms with Crippen LogP contribution in [0.2, 0.25) is 0 Å². The van der Waals surface area contributed by atoms with Gasteiger partial charge in [0.15, 0.2) is 0 Å². The normalized spacial score (nSPS) is 18.4. The van der Waals surface area contributed by atoms with Gasteiger partial charge in [0.2, 0.25) is 5.91 Å². The lowest BCUT2D eigenvalue weighted by atomic mass is 10.1. The van der Waals surface area contributed by atoms with Gasteiger partial charge in [-0.05, 0) is 24.6 Å². The van der Waals surface area contributed by atoms with Gasteiger partial charge in [-0.2, -0.15) is 11.8 Å². The van der Waals surface area contributed by atoms with Crippen molar-refractivity contribution >= 4 is 29.3 Å². The maximum absolute atomic E-state index is 12.2. The third-order valence-electron chi connectivity index (χ3n) is 3.30. The minimum absolute atomic E-state index is 0.0469. The topological polar surface area (TPSA) is 70.2 Å². The van der Waals surface area contributed by atoms with Gasteiger partial charge in [0, 0.05) is 36.3 Å². The quantitative estimate of drug-likeness (QED) is 0.777. The third kappa shape index (κ3) is 3.32. The van der Waals surface area contributed by atoms with Crippen LogP contribution in [0.4, 0.5) is 5.69 Å². The summed E-state index contributed by atoms with van der Waals surface area (Å²) in [5.41, 5.74) is 2.05. The number of hydrogen-bond acceptors (Lipinski definition) is 4. The Bertz CT molecular complexity index is 513. The molecule has 6 heteroatoms. The molecule has 1 atom stereocenters. The summed E-state index contributed by atoms with van der Waals surface area (Å²) >= 11 is 1.77. The van der Waals surface area contributed by atoms with Crippen LogP contribution in [0.15, 0.2) is 18.2 Å². The molecule has 1 saturated heterocycles. The molecule has 2 amide bonds. The van der Waals surface area contributed by atoms with Gasteiger partial charge >= 0.3 is 0 Å². The van der Waals surface area contributed by atoms with Crippen LogP contribution in [0.3, 0.4) is 0 Å². The van der Waals surface area contributed by atoms with Gasteiger partial charge in [0.25, 0.3) is 5.91 Å². The molecule has 0 spiro atoms. The van der Waals surface area contributed by atoms with Gasteiger partial charge in [-0.1, -0.05) is 6.07 Å². The van der Waals surface area contributed by atoms with E-state index in [4.69, 9.17) is 0 Å². The highest BCUT2D eigenvalue weighted by Gasteiger charge is 2.21. The van der Waals surface area contributed by atoms with E-state index < -0.39 is 0 Å². The zero-order chi connectivity index (χ0) is 14.5. The van der Waals surface area contributed by atoms with Crippen molar-refractivity contribution in [3.8, 4) is 0 Å². The van der Waals surface area contributed by atoms with E-state index in [1.807, 2.05) is 13.0 Å². The van der Waals surface area contributed by atoms with Crippen molar-refractivity contribution in [3.63, 3.8) is 0 Å². The lowest BCUT2D eigenvalue weighted by molar-refractivity contribution is -0.117. The number of anilines is 1. The van der Waals surface area contributed by atoms with Crippen LogP contribution >= 0.6 is 11.8 Å². The molecule has 108 valence electrons. The van der Waals surface area contributed by atoms with E-state index in [-0.39, 0.29) is 17.9 Å². The molecule has 1 aliphatic rings. The molecule has 0 radical (unpaired) electrons. The molecule has 5 nitrogen and oxygen atoms in total. The molecule has 0 saturated carbocycles. The number of thioether (sulfide) groups is 1. The smallest absolute Gasteiger partial charge is 0.251 e. The van der Waals surface area contributed by atoms with Crippen LogP contribution in [0, 0.1) is 6.92 Å². The van der Waals surface area contributed by atoms with E-state index in [0.29, 0.717) is 11.3 Å². The van der Waals surface area contributed by atoms with Crippen molar-refractivity contribution < 1.29 is 9.59 Å². The molecule has 3 N–H and O–H groups in total. The molecule has 20 heavy (non-hydrogen) atoms. The van der Waals surface area contributed by atoms with Crippen molar-refractivity contribution in [1.82, 2.24) is 10.6 Å². The predicted molar refractivity (Wildman–Crippen MR) is 82.3 cm³/mol. The summed E-state index contributed by atoms with van der Waals surface area (Å²) in [7, 11) is 1.59. The van der Waals surface area contributed by atoms with Crippen LogP contribution < -0.4 is 16.0 Å². The minimum Gasteiger partial charge on any atom is -0.355 e. The second kappa shape index (κ2) is 6.76. The number of carbonyl (C=O) groups excluding carboxylic acids is 2. The molecule has 1 aromatic rings. The van der Waals surface area contributed by atoms with Crippen LogP contribution in [-0.4, -0.2) is 43.0 Å². The van der Waals surface area contributed by atoms with Crippen LogP contribution in [0.25, 0.3) is 0 Å². The van der Waals surface area contributed by atoms with Crippen LogP contribution in [0.5, 0.6) is 0 Å². The van der Waals surface area contributed by atoms with E-state index >= 15 is 0 Å². The van der Waals surface area contributed by atoms with Crippen molar-refractivity contribution in [2.24, 2.45) is 0 Å². The van der Waals surface area contributed by atoms with Gasteiger partial charge in [0.05, 0.1) is 6.04 Å². The number of carbonyl (C=O) groups is 2. The summed E-state index contributed by atoms with van der Waals surface area (Å²) < 4.78 is 0. The Morgan fingerprint density at radius 3 is 2.85 bits per heavy atom. The molecule has 0 bridgehead atoms. The predicted octanol–water partition coefficient (Wildman–Crippen LogP) is 0.998. The second-order valence-electron chi connectivity index (χ2n) is 4.63. The number of nitrogens with one attached hydrogen (secondary N) is 3. The van der Waals surface area contributed by atoms with Gasteiger partial charge in [-0.3, -0.25) is 9.59 Å². The summed E-state index contributed by atoms with van der Waals surface area (Å²) in [6.07, 6.45) is 0. The maximum atomic E-state index is 12.2. The fourth-order valence-electron chi connectivity index (χ4n) is 2.11. The fraction of sp³-hybridized carbons (Fsp3) is 0.429. The number of benzene rings is 1. The molecular formula is C14H19N3O2S. The molecule has 1 aromatic carbocycles. The minimum atomic E-state index is -0.170. The van der Waals surface area contributed by atoms with Gasteiger partial charge in [-0.25, -0.2) is 0 Å².